The van der Waals surface area contributed by atoms with E-state index in [1.807, 2.05) is 18.2 Å². The summed E-state index contributed by atoms with van der Waals surface area (Å²) in [6.45, 7) is 0.393. The van der Waals surface area contributed by atoms with Gasteiger partial charge in [0, 0.05) is 18.3 Å². The number of H-pyrrole nitrogens is 1. The van der Waals surface area contributed by atoms with Crippen LogP contribution in [0.15, 0.2) is 55.5 Å². The number of aromatic nitrogens is 6. The van der Waals surface area contributed by atoms with Gasteiger partial charge in [-0.05, 0) is 29.8 Å². The molecule has 0 aliphatic heterocycles. The van der Waals surface area contributed by atoms with Crippen LogP contribution < -0.4 is 5.32 Å². The predicted molar refractivity (Wildman–Crippen MR) is 86.4 cm³/mol. The van der Waals surface area contributed by atoms with Gasteiger partial charge < -0.3 is 10.3 Å². The van der Waals surface area contributed by atoms with Crippen LogP contribution in [0.2, 0.25) is 0 Å². The summed E-state index contributed by atoms with van der Waals surface area (Å²) in [4.78, 5) is 27.6. The Morgan fingerprint density at radius 1 is 1.21 bits per heavy atom. The SMILES string of the molecule is O=C(NCc1ccc(-n2cncn2)nc1)c1ccc2nc[nH]c2c1. The Hall–Kier alpha value is -3.55. The van der Waals surface area contributed by atoms with Gasteiger partial charge in [-0.3, -0.25) is 4.79 Å². The highest BCUT2D eigenvalue weighted by Gasteiger charge is 2.07. The van der Waals surface area contributed by atoms with Crippen LogP contribution in [-0.4, -0.2) is 35.6 Å². The van der Waals surface area contributed by atoms with Crippen LogP contribution in [0.4, 0.5) is 0 Å². The van der Waals surface area contributed by atoms with Gasteiger partial charge in [0.1, 0.15) is 12.7 Å². The molecule has 4 rings (SSSR count). The van der Waals surface area contributed by atoms with Crippen molar-refractivity contribution in [1.82, 2.24) is 35.0 Å². The van der Waals surface area contributed by atoms with Gasteiger partial charge >= 0.3 is 0 Å². The Labute approximate surface area is 136 Å². The summed E-state index contributed by atoms with van der Waals surface area (Å²) in [6.07, 6.45) is 6.34. The summed E-state index contributed by atoms with van der Waals surface area (Å²) in [5, 5.41) is 6.89. The van der Waals surface area contributed by atoms with E-state index < -0.39 is 0 Å². The van der Waals surface area contributed by atoms with Crippen LogP contribution in [0.1, 0.15) is 15.9 Å². The first-order chi connectivity index (χ1) is 11.8. The van der Waals surface area contributed by atoms with Crippen LogP contribution in [-0.2, 0) is 6.54 Å². The Morgan fingerprint density at radius 2 is 2.17 bits per heavy atom. The fourth-order valence-corrected chi connectivity index (χ4v) is 2.34. The molecule has 0 bridgehead atoms. The van der Waals surface area contributed by atoms with Crippen LogP contribution in [0.25, 0.3) is 16.9 Å². The summed E-state index contributed by atoms with van der Waals surface area (Å²) < 4.78 is 1.57. The van der Waals surface area contributed by atoms with Crippen LogP contribution in [0, 0.1) is 0 Å². The first kappa shape index (κ1) is 14.1. The molecule has 1 amide bonds. The fraction of sp³-hybridized carbons (Fsp3) is 0.0625. The molecule has 0 saturated heterocycles. The van der Waals surface area contributed by atoms with E-state index in [4.69, 9.17) is 0 Å². The highest BCUT2D eigenvalue weighted by molar-refractivity contribution is 5.97. The minimum Gasteiger partial charge on any atom is -0.348 e. The highest BCUT2D eigenvalue weighted by Crippen LogP contribution is 2.12. The standard InChI is InChI=1S/C16H13N7O/c24-16(12-2-3-13-14(5-12)21-9-20-13)19-7-11-1-4-15(18-6-11)23-10-17-8-22-23/h1-6,8-10H,7H2,(H,19,24)(H,20,21). The van der Waals surface area contributed by atoms with Crippen molar-refractivity contribution < 1.29 is 4.79 Å². The third-order valence-electron chi connectivity index (χ3n) is 3.60. The van der Waals surface area contributed by atoms with E-state index in [2.05, 4.69) is 30.4 Å². The lowest BCUT2D eigenvalue weighted by atomic mass is 10.2. The molecule has 0 atom stereocenters. The molecule has 0 saturated carbocycles. The molecule has 3 aromatic heterocycles. The number of pyridine rings is 1. The molecule has 8 heteroatoms. The minimum atomic E-state index is -0.146. The zero-order chi connectivity index (χ0) is 16.4. The zero-order valence-corrected chi connectivity index (χ0v) is 12.5. The molecule has 0 aliphatic rings. The van der Waals surface area contributed by atoms with Gasteiger partial charge in [-0.25, -0.2) is 19.6 Å². The fourth-order valence-electron chi connectivity index (χ4n) is 2.34. The molecule has 2 N–H and O–H groups in total. The van der Waals surface area contributed by atoms with Crippen molar-refractivity contribution in [3.8, 4) is 5.82 Å². The molecular weight excluding hydrogens is 306 g/mol. The largest absolute Gasteiger partial charge is 0.348 e. The van der Waals surface area contributed by atoms with E-state index in [1.165, 1.54) is 6.33 Å². The second-order valence-corrected chi connectivity index (χ2v) is 5.18. The maximum Gasteiger partial charge on any atom is 0.251 e. The van der Waals surface area contributed by atoms with E-state index in [9.17, 15) is 4.79 Å². The number of rotatable bonds is 4. The molecule has 8 nitrogen and oxygen atoms in total. The monoisotopic (exact) mass is 319 g/mol. The number of hydrogen-bond acceptors (Lipinski definition) is 5. The quantitative estimate of drug-likeness (QED) is 0.593. The van der Waals surface area contributed by atoms with Crippen molar-refractivity contribution in [2.24, 2.45) is 0 Å². The number of amides is 1. The summed E-state index contributed by atoms with van der Waals surface area (Å²) in [7, 11) is 0. The number of fused-ring (bicyclic) bond motifs is 1. The lowest BCUT2D eigenvalue weighted by molar-refractivity contribution is 0.0951. The Bertz CT molecular complexity index is 973. The number of hydrogen-bond donors (Lipinski definition) is 2. The van der Waals surface area contributed by atoms with Crippen LogP contribution in [0.3, 0.4) is 0 Å². The summed E-state index contributed by atoms with van der Waals surface area (Å²) >= 11 is 0. The van der Waals surface area contributed by atoms with Gasteiger partial charge in [0.2, 0.25) is 0 Å². The second-order valence-electron chi connectivity index (χ2n) is 5.18. The van der Waals surface area contributed by atoms with Crippen molar-refractivity contribution in [2.75, 3.05) is 0 Å². The average molecular weight is 319 g/mol. The molecule has 118 valence electrons. The van der Waals surface area contributed by atoms with Crippen molar-refractivity contribution in [3.63, 3.8) is 0 Å². The number of carbonyl (C=O) groups excluding carboxylic acids is 1. The Balaban J connectivity index is 1.43. The molecular formula is C16H13N7O. The smallest absolute Gasteiger partial charge is 0.251 e. The minimum absolute atomic E-state index is 0.146. The van der Waals surface area contributed by atoms with Crippen molar-refractivity contribution in [3.05, 3.63) is 66.6 Å². The normalized spacial score (nSPS) is 10.8. The maximum absolute atomic E-state index is 12.2. The van der Waals surface area contributed by atoms with Gasteiger partial charge in [0.05, 0.1) is 17.4 Å². The molecule has 3 heterocycles. The second kappa shape index (κ2) is 5.92. The lowest BCUT2D eigenvalue weighted by Crippen LogP contribution is -2.22. The molecule has 0 aliphatic carbocycles. The van der Waals surface area contributed by atoms with Gasteiger partial charge in [-0.1, -0.05) is 6.07 Å². The number of nitrogens with one attached hydrogen (secondary N) is 2. The van der Waals surface area contributed by atoms with Crippen molar-refractivity contribution in [1.29, 1.82) is 0 Å². The van der Waals surface area contributed by atoms with Gasteiger partial charge in [0.25, 0.3) is 5.91 Å². The third-order valence-corrected chi connectivity index (χ3v) is 3.60. The van der Waals surface area contributed by atoms with Crippen LogP contribution >= 0.6 is 0 Å². The van der Waals surface area contributed by atoms with Crippen LogP contribution in [0.5, 0.6) is 0 Å². The number of aromatic amines is 1. The molecule has 0 fully saturated rings. The van der Waals surface area contributed by atoms with E-state index in [-0.39, 0.29) is 5.91 Å². The summed E-state index contributed by atoms with van der Waals surface area (Å²) in [6, 6.07) is 9.07. The maximum atomic E-state index is 12.2. The van der Waals surface area contributed by atoms with Gasteiger partial charge in [0.15, 0.2) is 5.82 Å². The molecule has 24 heavy (non-hydrogen) atoms. The molecule has 4 aromatic rings. The first-order valence-corrected chi connectivity index (χ1v) is 7.31. The Kier molecular flexibility index (Phi) is 3.47. The lowest BCUT2D eigenvalue weighted by Gasteiger charge is -2.06. The highest BCUT2D eigenvalue weighted by atomic mass is 16.1. The molecule has 0 unspecified atom stereocenters. The van der Waals surface area contributed by atoms with Gasteiger partial charge in [-0.2, -0.15) is 5.10 Å². The van der Waals surface area contributed by atoms with Crippen molar-refractivity contribution >= 4 is 16.9 Å². The molecule has 0 radical (unpaired) electrons. The number of nitrogens with zero attached hydrogens (tertiary/aromatic N) is 5. The van der Waals surface area contributed by atoms with E-state index in [0.29, 0.717) is 17.9 Å². The topological polar surface area (TPSA) is 101 Å². The van der Waals surface area contributed by atoms with E-state index in [0.717, 1.165) is 16.6 Å². The Morgan fingerprint density at radius 3 is 2.96 bits per heavy atom. The number of carbonyl (C=O) groups is 1. The first-order valence-electron chi connectivity index (χ1n) is 7.31. The molecule has 0 spiro atoms. The third kappa shape index (κ3) is 2.72. The van der Waals surface area contributed by atoms with E-state index in [1.54, 1.807) is 35.7 Å². The summed E-state index contributed by atoms with van der Waals surface area (Å²) in [5.74, 6) is 0.527. The number of benzene rings is 1. The summed E-state index contributed by atoms with van der Waals surface area (Å²) in [5.41, 5.74) is 3.15. The predicted octanol–water partition coefficient (Wildman–Crippen LogP) is 1.47. The zero-order valence-electron chi connectivity index (χ0n) is 12.5. The van der Waals surface area contributed by atoms with Gasteiger partial charge in [-0.15, -0.1) is 0 Å². The molecule has 1 aromatic carbocycles. The van der Waals surface area contributed by atoms with Crippen molar-refractivity contribution in [2.45, 2.75) is 6.54 Å². The van der Waals surface area contributed by atoms with E-state index >= 15 is 0 Å². The number of imidazole rings is 1. The average Bonchev–Trinajstić information content (AvgIpc) is 3.30.